The maximum absolute atomic E-state index is 12.3. The number of likely N-dealkylation sites (tertiary alicyclic amines) is 1. The number of benzene rings is 1. The molecule has 2 amide bonds. The van der Waals surface area contributed by atoms with Crippen molar-refractivity contribution in [3.63, 3.8) is 0 Å². The van der Waals surface area contributed by atoms with Crippen LogP contribution in [-0.4, -0.2) is 36.0 Å². The maximum Gasteiger partial charge on any atom is 0.408 e. The van der Waals surface area contributed by atoms with Crippen molar-refractivity contribution >= 4 is 12.0 Å². The Labute approximate surface area is 130 Å². The highest BCUT2D eigenvalue weighted by Crippen LogP contribution is 2.16. The molecule has 5 nitrogen and oxygen atoms in total. The predicted molar refractivity (Wildman–Crippen MR) is 84.1 cm³/mol. The van der Waals surface area contributed by atoms with Gasteiger partial charge in [0.05, 0.1) is 0 Å². The van der Waals surface area contributed by atoms with E-state index in [0.717, 1.165) is 11.1 Å². The molecule has 1 fully saturated rings. The molecule has 0 bridgehead atoms. The normalized spacial score (nSPS) is 15.2. The number of hydrogen-bond donors (Lipinski definition) is 1. The van der Waals surface area contributed by atoms with E-state index in [1.807, 2.05) is 44.2 Å². The van der Waals surface area contributed by atoms with E-state index in [4.69, 9.17) is 4.74 Å². The second-order valence-electron chi connectivity index (χ2n) is 5.87. The fourth-order valence-electron chi connectivity index (χ4n) is 2.25. The SMILES string of the molecule is C=C1CN(C(=O)[C@@H](NC(=O)OCc2ccccc2)C(C)C)C1. The third kappa shape index (κ3) is 4.10. The van der Waals surface area contributed by atoms with Gasteiger partial charge in [0, 0.05) is 13.1 Å². The molecule has 0 spiro atoms. The average Bonchev–Trinajstić information content (AvgIpc) is 2.47. The first kappa shape index (κ1) is 16.1. The Morgan fingerprint density at radius 1 is 1.27 bits per heavy atom. The number of carbonyl (C=O) groups is 2. The highest BCUT2D eigenvalue weighted by atomic mass is 16.5. The molecule has 5 heteroatoms. The molecule has 0 unspecified atom stereocenters. The van der Waals surface area contributed by atoms with Crippen LogP contribution in [0.5, 0.6) is 0 Å². The second-order valence-corrected chi connectivity index (χ2v) is 5.87. The Morgan fingerprint density at radius 3 is 2.45 bits per heavy atom. The maximum atomic E-state index is 12.3. The van der Waals surface area contributed by atoms with Crippen LogP contribution in [0.4, 0.5) is 4.79 Å². The minimum atomic E-state index is -0.574. The largest absolute Gasteiger partial charge is 0.445 e. The Morgan fingerprint density at radius 2 is 1.91 bits per heavy atom. The fraction of sp³-hybridized carbons (Fsp3) is 0.412. The second kappa shape index (κ2) is 7.11. The number of rotatable bonds is 5. The van der Waals surface area contributed by atoms with Gasteiger partial charge in [-0.25, -0.2) is 4.79 Å². The van der Waals surface area contributed by atoms with Crippen LogP contribution in [-0.2, 0) is 16.1 Å². The summed E-state index contributed by atoms with van der Waals surface area (Å²) in [6, 6.07) is 8.85. The van der Waals surface area contributed by atoms with E-state index in [9.17, 15) is 9.59 Å². The van der Waals surface area contributed by atoms with Crippen LogP contribution in [0, 0.1) is 5.92 Å². The van der Waals surface area contributed by atoms with Crippen LogP contribution in [0.15, 0.2) is 42.5 Å². The van der Waals surface area contributed by atoms with Gasteiger partial charge in [0.1, 0.15) is 12.6 Å². The molecule has 22 heavy (non-hydrogen) atoms. The van der Waals surface area contributed by atoms with Gasteiger partial charge in [-0.1, -0.05) is 50.8 Å². The van der Waals surface area contributed by atoms with E-state index in [1.165, 1.54) is 0 Å². The Balaban J connectivity index is 1.86. The third-order valence-corrected chi connectivity index (χ3v) is 3.56. The standard InChI is InChI=1S/C17H22N2O3/c1-12(2)15(16(20)19-9-13(3)10-19)18-17(21)22-11-14-7-5-4-6-8-14/h4-8,12,15H,3,9-11H2,1-2H3,(H,18,21)/t15-/m0/s1. The van der Waals surface area contributed by atoms with Gasteiger partial charge in [0.25, 0.3) is 0 Å². The first-order valence-corrected chi connectivity index (χ1v) is 7.40. The van der Waals surface area contributed by atoms with Gasteiger partial charge in [-0.05, 0) is 17.1 Å². The fourth-order valence-corrected chi connectivity index (χ4v) is 2.25. The molecule has 118 valence electrons. The number of alkyl carbamates (subject to hydrolysis) is 1. The molecule has 1 aromatic rings. The molecule has 1 N–H and O–H groups in total. The van der Waals surface area contributed by atoms with Gasteiger partial charge in [-0.2, -0.15) is 0 Å². The summed E-state index contributed by atoms with van der Waals surface area (Å²) in [7, 11) is 0. The molecule has 0 radical (unpaired) electrons. The van der Waals surface area contributed by atoms with Crippen molar-refractivity contribution in [3.05, 3.63) is 48.0 Å². The predicted octanol–water partition coefficient (Wildman–Crippen LogP) is 2.34. The van der Waals surface area contributed by atoms with Gasteiger partial charge >= 0.3 is 6.09 Å². The number of hydrogen-bond acceptors (Lipinski definition) is 3. The first-order chi connectivity index (χ1) is 10.5. The molecular weight excluding hydrogens is 280 g/mol. The molecule has 0 aromatic heterocycles. The van der Waals surface area contributed by atoms with E-state index in [2.05, 4.69) is 11.9 Å². The van der Waals surface area contributed by atoms with Gasteiger partial charge in [0.2, 0.25) is 5.91 Å². The van der Waals surface area contributed by atoms with E-state index < -0.39 is 12.1 Å². The summed E-state index contributed by atoms with van der Waals surface area (Å²) in [4.78, 5) is 25.9. The summed E-state index contributed by atoms with van der Waals surface area (Å²) in [5.41, 5.74) is 1.94. The molecule has 0 saturated carbocycles. The molecule has 2 rings (SSSR count). The van der Waals surface area contributed by atoms with E-state index in [1.54, 1.807) is 4.90 Å². The summed E-state index contributed by atoms with van der Waals surface area (Å²) in [5, 5.41) is 2.67. The van der Waals surface area contributed by atoms with Gasteiger partial charge in [0.15, 0.2) is 0 Å². The molecule has 1 aliphatic rings. The molecule has 1 heterocycles. The topological polar surface area (TPSA) is 58.6 Å². The zero-order valence-corrected chi connectivity index (χ0v) is 13.0. The highest BCUT2D eigenvalue weighted by molar-refractivity contribution is 5.87. The Bertz CT molecular complexity index is 546. The zero-order chi connectivity index (χ0) is 16.1. The zero-order valence-electron chi connectivity index (χ0n) is 13.0. The smallest absolute Gasteiger partial charge is 0.408 e. The van der Waals surface area contributed by atoms with Gasteiger partial charge < -0.3 is 15.0 Å². The number of ether oxygens (including phenoxy) is 1. The van der Waals surface area contributed by atoms with Crippen molar-refractivity contribution in [1.29, 1.82) is 0 Å². The summed E-state index contributed by atoms with van der Waals surface area (Å²) in [6.45, 7) is 8.94. The molecule has 1 aromatic carbocycles. The summed E-state index contributed by atoms with van der Waals surface area (Å²) in [5.74, 6) is -0.0929. The minimum absolute atomic E-state index is 0.00867. The van der Waals surface area contributed by atoms with Crippen LogP contribution >= 0.6 is 0 Å². The van der Waals surface area contributed by atoms with Crippen molar-refractivity contribution in [2.45, 2.75) is 26.5 Å². The summed E-state index contributed by atoms with van der Waals surface area (Å²) < 4.78 is 5.17. The van der Waals surface area contributed by atoms with Crippen molar-refractivity contribution in [2.75, 3.05) is 13.1 Å². The van der Waals surface area contributed by atoms with Crippen molar-refractivity contribution in [1.82, 2.24) is 10.2 Å². The molecular formula is C17H22N2O3. The Kier molecular flexibility index (Phi) is 5.20. The van der Waals surface area contributed by atoms with Gasteiger partial charge in [-0.3, -0.25) is 4.79 Å². The number of nitrogens with one attached hydrogen (secondary N) is 1. The first-order valence-electron chi connectivity index (χ1n) is 7.40. The third-order valence-electron chi connectivity index (χ3n) is 3.56. The highest BCUT2D eigenvalue weighted by Gasteiger charge is 2.33. The lowest BCUT2D eigenvalue weighted by atomic mass is 10.00. The van der Waals surface area contributed by atoms with Gasteiger partial charge in [-0.15, -0.1) is 0 Å². The van der Waals surface area contributed by atoms with Crippen LogP contribution in [0.1, 0.15) is 19.4 Å². The molecule has 0 aliphatic carbocycles. The Hall–Kier alpha value is -2.30. The molecule has 1 saturated heterocycles. The molecule has 1 aliphatic heterocycles. The van der Waals surface area contributed by atoms with E-state index >= 15 is 0 Å². The quantitative estimate of drug-likeness (QED) is 0.849. The van der Waals surface area contributed by atoms with Crippen molar-refractivity contribution in [2.24, 2.45) is 5.92 Å². The van der Waals surface area contributed by atoms with Crippen LogP contribution in [0.25, 0.3) is 0 Å². The lowest BCUT2D eigenvalue weighted by Gasteiger charge is -2.37. The lowest BCUT2D eigenvalue weighted by Crippen LogP contribution is -2.55. The summed E-state index contributed by atoms with van der Waals surface area (Å²) >= 11 is 0. The molecule has 1 atom stereocenters. The van der Waals surface area contributed by atoms with E-state index in [-0.39, 0.29) is 18.4 Å². The van der Waals surface area contributed by atoms with E-state index in [0.29, 0.717) is 13.1 Å². The summed E-state index contributed by atoms with van der Waals surface area (Å²) in [6.07, 6.45) is -0.574. The van der Waals surface area contributed by atoms with Crippen LogP contribution in [0.3, 0.4) is 0 Å². The number of carbonyl (C=O) groups excluding carboxylic acids is 2. The van der Waals surface area contributed by atoms with Crippen LogP contribution in [0.2, 0.25) is 0 Å². The average molecular weight is 302 g/mol. The lowest BCUT2D eigenvalue weighted by molar-refractivity contribution is -0.135. The monoisotopic (exact) mass is 302 g/mol. The van der Waals surface area contributed by atoms with Crippen LogP contribution < -0.4 is 5.32 Å². The van der Waals surface area contributed by atoms with Crippen molar-refractivity contribution < 1.29 is 14.3 Å². The van der Waals surface area contributed by atoms with Crippen molar-refractivity contribution in [3.8, 4) is 0 Å². The number of nitrogens with zero attached hydrogens (tertiary/aromatic N) is 1. The number of amides is 2. The minimum Gasteiger partial charge on any atom is -0.445 e.